The number of rotatable bonds is 7. The SMILES string of the molecule is COc1cccc(C(=O)N(C(=O)OCCOC(=O)C(C)C)N(C(=O)c2cc(C)cc(C)c2)C(C)(C)C)c1C. The second kappa shape index (κ2) is 12.6. The van der Waals surface area contributed by atoms with E-state index in [-0.39, 0.29) is 24.7 Å². The lowest BCUT2D eigenvalue weighted by atomic mass is 10.0. The first-order valence-electron chi connectivity index (χ1n) is 12.4. The lowest BCUT2D eigenvalue weighted by molar-refractivity contribution is -0.148. The summed E-state index contributed by atoms with van der Waals surface area (Å²) in [6.07, 6.45) is -1.08. The molecule has 0 saturated heterocycles. The Morgan fingerprint density at radius 3 is 1.97 bits per heavy atom. The average molecular weight is 527 g/mol. The molecule has 0 unspecified atom stereocenters. The van der Waals surface area contributed by atoms with Gasteiger partial charge in [0.05, 0.1) is 18.6 Å². The Hall–Kier alpha value is -3.88. The highest BCUT2D eigenvalue weighted by Crippen LogP contribution is 2.27. The molecular formula is C29H38N2O7. The third-order valence-corrected chi connectivity index (χ3v) is 5.62. The maximum atomic E-state index is 14.0. The van der Waals surface area contributed by atoms with E-state index in [2.05, 4.69) is 0 Å². The van der Waals surface area contributed by atoms with Gasteiger partial charge in [-0.25, -0.2) is 9.80 Å². The van der Waals surface area contributed by atoms with Crippen LogP contribution in [0.2, 0.25) is 0 Å². The molecule has 0 atom stereocenters. The number of esters is 1. The van der Waals surface area contributed by atoms with E-state index in [9.17, 15) is 19.2 Å². The number of nitrogens with zero attached hydrogens (tertiary/aromatic N) is 2. The number of carbonyl (C=O) groups is 4. The van der Waals surface area contributed by atoms with E-state index in [1.807, 2.05) is 19.9 Å². The zero-order valence-corrected chi connectivity index (χ0v) is 23.7. The van der Waals surface area contributed by atoms with Crippen molar-refractivity contribution in [1.29, 1.82) is 0 Å². The molecular weight excluding hydrogens is 488 g/mol. The van der Waals surface area contributed by atoms with Gasteiger partial charge in [0.2, 0.25) is 0 Å². The highest BCUT2D eigenvalue weighted by molar-refractivity contribution is 6.07. The first-order valence-corrected chi connectivity index (χ1v) is 12.4. The Bertz CT molecular complexity index is 1180. The summed E-state index contributed by atoms with van der Waals surface area (Å²) >= 11 is 0. The van der Waals surface area contributed by atoms with Crippen LogP contribution in [-0.2, 0) is 14.3 Å². The van der Waals surface area contributed by atoms with E-state index in [0.29, 0.717) is 21.9 Å². The van der Waals surface area contributed by atoms with Crippen molar-refractivity contribution in [3.05, 3.63) is 64.2 Å². The first-order chi connectivity index (χ1) is 17.7. The number of methoxy groups -OCH3 is 1. The zero-order valence-electron chi connectivity index (χ0n) is 23.7. The van der Waals surface area contributed by atoms with Gasteiger partial charge in [0.15, 0.2) is 0 Å². The van der Waals surface area contributed by atoms with Crippen LogP contribution in [0.25, 0.3) is 0 Å². The van der Waals surface area contributed by atoms with E-state index in [1.165, 1.54) is 7.11 Å². The topological polar surface area (TPSA) is 102 Å². The second-order valence-corrected chi connectivity index (χ2v) is 10.4. The molecule has 0 spiro atoms. The van der Waals surface area contributed by atoms with Crippen molar-refractivity contribution in [3.8, 4) is 5.75 Å². The summed E-state index contributed by atoms with van der Waals surface area (Å²) in [6, 6.07) is 10.2. The molecule has 2 aromatic carbocycles. The van der Waals surface area contributed by atoms with Crippen LogP contribution in [0.1, 0.15) is 72.0 Å². The molecule has 2 rings (SSSR count). The summed E-state index contributed by atoms with van der Waals surface area (Å²) in [5.41, 5.74) is 1.68. The van der Waals surface area contributed by atoms with Gasteiger partial charge in [-0.3, -0.25) is 14.4 Å². The number of amides is 3. The molecule has 0 aliphatic carbocycles. The molecule has 0 aliphatic rings. The number of hydrogen-bond acceptors (Lipinski definition) is 7. The number of carbonyl (C=O) groups excluding carboxylic acids is 4. The van der Waals surface area contributed by atoms with Gasteiger partial charge in [-0.1, -0.05) is 37.1 Å². The molecule has 2 aromatic rings. The van der Waals surface area contributed by atoms with Crippen molar-refractivity contribution >= 4 is 23.9 Å². The van der Waals surface area contributed by atoms with E-state index >= 15 is 0 Å². The molecule has 0 bridgehead atoms. The van der Waals surface area contributed by atoms with E-state index in [0.717, 1.165) is 16.1 Å². The first kappa shape index (κ1) is 30.3. The number of imide groups is 1. The summed E-state index contributed by atoms with van der Waals surface area (Å²) in [4.78, 5) is 53.1. The molecule has 0 aliphatic heterocycles. The fourth-order valence-corrected chi connectivity index (χ4v) is 3.85. The fourth-order valence-electron chi connectivity index (χ4n) is 3.85. The Balaban J connectivity index is 2.56. The molecule has 9 heteroatoms. The predicted octanol–water partition coefficient (Wildman–Crippen LogP) is 5.25. The van der Waals surface area contributed by atoms with Gasteiger partial charge in [0.25, 0.3) is 11.8 Å². The summed E-state index contributed by atoms with van der Waals surface area (Å²) in [6.45, 7) is 13.4. The lowest BCUT2D eigenvalue weighted by Crippen LogP contribution is -2.60. The van der Waals surface area contributed by atoms with Crippen molar-refractivity contribution in [3.63, 3.8) is 0 Å². The predicted molar refractivity (Wildman–Crippen MR) is 143 cm³/mol. The van der Waals surface area contributed by atoms with Gasteiger partial charge < -0.3 is 14.2 Å². The van der Waals surface area contributed by atoms with Gasteiger partial charge in [-0.05, 0) is 65.8 Å². The lowest BCUT2D eigenvalue weighted by Gasteiger charge is -2.41. The number of ether oxygens (including phenoxy) is 3. The van der Waals surface area contributed by atoms with Crippen LogP contribution in [0.15, 0.2) is 36.4 Å². The maximum Gasteiger partial charge on any atom is 0.436 e. The number of hydrazine groups is 1. The van der Waals surface area contributed by atoms with E-state index < -0.39 is 29.4 Å². The molecule has 0 heterocycles. The number of hydrogen-bond donors (Lipinski definition) is 0. The average Bonchev–Trinajstić information content (AvgIpc) is 2.82. The third kappa shape index (κ3) is 7.34. The van der Waals surface area contributed by atoms with Gasteiger partial charge in [0, 0.05) is 16.7 Å². The molecule has 0 radical (unpaired) electrons. The normalized spacial score (nSPS) is 11.1. The quantitative estimate of drug-likeness (QED) is 0.276. The van der Waals surface area contributed by atoms with Crippen molar-refractivity contribution < 1.29 is 33.4 Å². The molecule has 0 saturated carbocycles. The standard InChI is InChI=1S/C29H38N2O7/c1-18(2)27(34)37-13-14-38-28(35)30(26(33)23-11-10-12-24(36-9)21(23)5)31(29(6,7)8)25(32)22-16-19(3)15-20(4)17-22/h10-12,15-18H,13-14H2,1-9H3. The largest absolute Gasteiger partial charge is 0.496 e. The van der Waals surface area contributed by atoms with Gasteiger partial charge in [-0.15, -0.1) is 5.01 Å². The summed E-state index contributed by atoms with van der Waals surface area (Å²) < 4.78 is 15.8. The summed E-state index contributed by atoms with van der Waals surface area (Å²) in [5.74, 6) is -1.65. The summed E-state index contributed by atoms with van der Waals surface area (Å²) in [5, 5.41) is 1.82. The van der Waals surface area contributed by atoms with Crippen molar-refractivity contribution in [2.24, 2.45) is 5.92 Å². The van der Waals surface area contributed by atoms with E-state index in [4.69, 9.17) is 14.2 Å². The van der Waals surface area contributed by atoms with Crippen LogP contribution < -0.4 is 4.74 Å². The Morgan fingerprint density at radius 2 is 1.45 bits per heavy atom. The maximum absolute atomic E-state index is 14.0. The van der Waals surface area contributed by atoms with Crippen LogP contribution in [0.3, 0.4) is 0 Å². The third-order valence-electron chi connectivity index (χ3n) is 5.62. The van der Waals surface area contributed by atoms with Crippen molar-refractivity contribution in [1.82, 2.24) is 10.0 Å². The molecule has 3 amide bonds. The molecule has 38 heavy (non-hydrogen) atoms. The van der Waals surface area contributed by atoms with Gasteiger partial charge in [-0.2, -0.15) is 0 Å². The Morgan fingerprint density at radius 1 is 0.868 bits per heavy atom. The van der Waals surface area contributed by atoms with Gasteiger partial charge >= 0.3 is 12.1 Å². The number of aryl methyl sites for hydroxylation is 2. The second-order valence-electron chi connectivity index (χ2n) is 10.4. The molecule has 0 aromatic heterocycles. The minimum Gasteiger partial charge on any atom is -0.496 e. The van der Waals surface area contributed by atoms with Crippen LogP contribution in [0.4, 0.5) is 4.79 Å². The molecule has 0 N–H and O–H groups in total. The molecule has 206 valence electrons. The fraction of sp³-hybridized carbons (Fsp3) is 0.448. The highest BCUT2D eigenvalue weighted by Gasteiger charge is 2.41. The summed E-state index contributed by atoms with van der Waals surface area (Å²) in [7, 11) is 1.48. The molecule has 9 nitrogen and oxygen atoms in total. The van der Waals surface area contributed by atoms with Crippen LogP contribution in [0.5, 0.6) is 5.75 Å². The Labute approximate surface area is 224 Å². The monoisotopic (exact) mass is 526 g/mol. The minimum atomic E-state index is -1.08. The van der Waals surface area contributed by atoms with Crippen molar-refractivity contribution in [2.75, 3.05) is 20.3 Å². The van der Waals surface area contributed by atoms with Gasteiger partial charge in [0.1, 0.15) is 19.0 Å². The van der Waals surface area contributed by atoms with Crippen LogP contribution in [0, 0.1) is 26.7 Å². The Kier molecular flexibility index (Phi) is 10.0. The zero-order chi connectivity index (χ0) is 28.8. The highest BCUT2D eigenvalue weighted by atomic mass is 16.6. The smallest absolute Gasteiger partial charge is 0.436 e. The van der Waals surface area contributed by atoms with Crippen LogP contribution >= 0.6 is 0 Å². The molecule has 0 fully saturated rings. The number of benzene rings is 2. The minimum absolute atomic E-state index is 0.162. The van der Waals surface area contributed by atoms with E-state index in [1.54, 1.807) is 71.9 Å². The van der Waals surface area contributed by atoms with Crippen molar-refractivity contribution in [2.45, 2.75) is 60.9 Å². The van der Waals surface area contributed by atoms with Crippen LogP contribution in [-0.4, -0.2) is 59.8 Å².